The third kappa shape index (κ3) is 3.47. The Hall–Kier alpha value is -0.750. The van der Waals surface area contributed by atoms with Crippen molar-refractivity contribution >= 4 is 22.7 Å². The van der Waals surface area contributed by atoms with Crippen LogP contribution < -0.4 is 0 Å². The average Bonchev–Trinajstić information content (AvgIpc) is 3.10. The summed E-state index contributed by atoms with van der Waals surface area (Å²) in [5.74, 6) is 0.693. The van der Waals surface area contributed by atoms with Crippen molar-refractivity contribution in [3.8, 4) is 10.6 Å². The van der Waals surface area contributed by atoms with Gasteiger partial charge in [0.15, 0.2) is 0 Å². The second kappa shape index (κ2) is 6.80. The third-order valence-electron chi connectivity index (χ3n) is 3.71. The minimum Gasteiger partial charge on any atom is -0.384 e. The number of nitrogens with zero attached hydrogens (tertiary/aromatic N) is 2. The molecule has 2 aromatic rings. The number of thiazole rings is 1. The maximum atomic E-state index is 5.30. The second-order valence-electron chi connectivity index (χ2n) is 5.34. The summed E-state index contributed by atoms with van der Waals surface area (Å²) in [6, 6.07) is 2.14. The van der Waals surface area contributed by atoms with Crippen LogP contribution in [0.2, 0.25) is 0 Å². The van der Waals surface area contributed by atoms with Crippen molar-refractivity contribution in [3.63, 3.8) is 0 Å². The first-order chi connectivity index (χ1) is 9.85. The normalized spacial score (nSPS) is 20.4. The minimum absolute atomic E-state index is 0.693. The summed E-state index contributed by atoms with van der Waals surface area (Å²) in [6.45, 7) is 4.27. The highest BCUT2D eigenvalue weighted by atomic mass is 32.1. The predicted octanol–water partition coefficient (Wildman–Crippen LogP) is 3.73. The Morgan fingerprint density at radius 3 is 3.25 bits per heavy atom. The first kappa shape index (κ1) is 14.2. The van der Waals surface area contributed by atoms with E-state index in [9.17, 15) is 0 Å². The molecule has 2 aromatic heterocycles. The molecule has 3 rings (SSSR count). The Morgan fingerprint density at radius 2 is 2.45 bits per heavy atom. The van der Waals surface area contributed by atoms with Crippen molar-refractivity contribution < 1.29 is 4.74 Å². The average molecular weight is 308 g/mol. The lowest BCUT2D eigenvalue weighted by Crippen LogP contribution is -2.36. The first-order valence-corrected chi connectivity index (χ1v) is 8.79. The molecule has 0 spiro atoms. The van der Waals surface area contributed by atoms with Crippen LogP contribution in [0.25, 0.3) is 10.6 Å². The summed E-state index contributed by atoms with van der Waals surface area (Å²) in [4.78, 5) is 8.46. The van der Waals surface area contributed by atoms with Crippen molar-refractivity contribution in [1.29, 1.82) is 0 Å². The number of likely N-dealkylation sites (tertiary alicyclic amines) is 1. The van der Waals surface area contributed by atoms with Crippen molar-refractivity contribution in [2.45, 2.75) is 19.4 Å². The van der Waals surface area contributed by atoms with E-state index in [1.54, 1.807) is 18.4 Å². The zero-order valence-electron chi connectivity index (χ0n) is 11.7. The Labute approximate surface area is 128 Å². The number of methoxy groups -OCH3 is 1. The summed E-state index contributed by atoms with van der Waals surface area (Å²) in [5.41, 5.74) is 1.25. The molecule has 3 heterocycles. The van der Waals surface area contributed by atoms with Crippen molar-refractivity contribution in [1.82, 2.24) is 9.88 Å². The fourth-order valence-electron chi connectivity index (χ4n) is 2.79. The van der Waals surface area contributed by atoms with Gasteiger partial charge in [0.25, 0.3) is 0 Å². The van der Waals surface area contributed by atoms with Crippen molar-refractivity contribution in [3.05, 3.63) is 27.9 Å². The van der Waals surface area contributed by atoms with Gasteiger partial charge < -0.3 is 4.74 Å². The summed E-state index contributed by atoms with van der Waals surface area (Å²) >= 11 is 3.55. The molecule has 0 aliphatic carbocycles. The molecule has 0 N–H and O–H groups in total. The molecule has 0 amide bonds. The number of aromatic nitrogens is 1. The van der Waals surface area contributed by atoms with Crippen LogP contribution in [0.5, 0.6) is 0 Å². The van der Waals surface area contributed by atoms with Gasteiger partial charge in [-0.25, -0.2) is 4.98 Å². The van der Waals surface area contributed by atoms with E-state index in [-0.39, 0.29) is 0 Å². The monoisotopic (exact) mass is 308 g/mol. The van der Waals surface area contributed by atoms with Crippen molar-refractivity contribution in [2.75, 3.05) is 26.8 Å². The highest BCUT2D eigenvalue weighted by Gasteiger charge is 2.20. The molecule has 1 atom stereocenters. The van der Waals surface area contributed by atoms with E-state index in [1.807, 2.05) is 17.5 Å². The van der Waals surface area contributed by atoms with Gasteiger partial charge >= 0.3 is 0 Å². The van der Waals surface area contributed by atoms with Crippen LogP contribution in [-0.2, 0) is 11.3 Å². The van der Waals surface area contributed by atoms with Gasteiger partial charge in [0.1, 0.15) is 5.01 Å². The smallest absolute Gasteiger partial charge is 0.124 e. The predicted molar refractivity (Wildman–Crippen MR) is 85.3 cm³/mol. The summed E-state index contributed by atoms with van der Waals surface area (Å²) in [5, 5.41) is 5.42. The lowest BCUT2D eigenvalue weighted by molar-refractivity contribution is 0.0878. The molecule has 0 radical (unpaired) electrons. The number of hydrogen-bond donors (Lipinski definition) is 0. The third-order valence-corrected chi connectivity index (χ3v) is 5.42. The molecule has 1 aliphatic heterocycles. The van der Waals surface area contributed by atoms with Crippen LogP contribution in [0.3, 0.4) is 0 Å². The van der Waals surface area contributed by atoms with E-state index in [0.29, 0.717) is 5.92 Å². The van der Waals surface area contributed by atoms with Gasteiger partial charge in [0.2, 0.25) is 0 Å². The second-order valence-corrected chi connectivity index (χ2v) is 7.24. The van der Waals surface area contributed by atoms with E-state index in [4.69, 9.17) is 4.74 Å². The summed E-state index contributed by atoms with van der Waals surface area (Å²) < 4.78 is 5.30. The fourth-order valence-corrected chi connectivity index (χ4v) is 4.45. The molecule has 20 heavy (non-hydrogen) atoms. The molecule has 1 aliphatic rings. The molecular weight excluding hydrogens is 288 g/mol. The van der Waals surface area contributed by atoms with Crippen molar-refractivity contribution in [2.24, 2.45) is 5.92 Å². The molecular formula is C15H20N2OS2. The van der Waals surface area contributed by atoms with Gasteiger partial charge in [0.05, 0.1) is 6.61 Å². The van der Waals surface area contributed by atoms with Crippen LogP contribution >= 0.6 is 22.7 Å². The quantitative estimate of drug-likeness (QED) is 0.841. The lowest BCUT2D eigenvalue weighted by Gasteiger charge is -2.31. The molecule has 1 unspecified atom stereocenters. The van der Waals surface area contributed by atoms with Crippen LogP contribution in [0, 0.1) is 5.92 Å². The molecule has 0 saturated carbocycles. The Bertz CT molecular complexity index is 522. The van der Waals surface area contributed by atoms with Gasteiger partial charge in [0, 0.05) is 42.2 Å². The van der Waals surface area contributed by atoms with Crippen LogP contribution in [0.15, 0.2) is 23.0 Å². The van der Waals surface area contributed by atoms with E-state index in [0.717, 1.165) is 24.7 Å². The fraction of sp³-hybridized carbons (Fsp3) is 0.533. The highest BCUT2D eigenvalue weighted by molar-refractivity contribution is 7.15. The Morgan fingerprint density at radius 1 is 1.50 bits per heavy atom. The standard InChI is InChI=1S/C15H20N2OS2/c1-18-10-12-3-2-5-17(8-12)9-14-7-16-15(20-14)13-4-6-19-11-13/h4,6-7,11-12H,2-3,5,8-10H2,1H3. The van der Waals surface area contributed by atoms with E-state index >= 15 is 0 Å². The Balaban J connectivity index is 1.60. The van der Waals surface area contributed by atoms with Gasteiger partial charge in [-0.1, -0.05) is 0 Å². The number of hydrogen-bond acceptors (Lipinski definition) is 5. The number of ether oxygens (including phenoxy) is 1. The highest BCUT2D eigenvalue weighted by Crippen LogP contribution is 2.28. The summed E-state index contributed by atoms with van der Waals surface area (Å²) in [7, 11) is 1.80. The lowest BCUT2D eigenvalue weighted by atomic mass is 9.99. The van der Waals surface area contributed by atoms with E-state index in [2.05, 4.69) is 26.7 Å². The first-order valence-electron chi connectivity index (χ1n) is 7.03. The molecule has 108 valence electrons. The minimum atomic E-state index is 0.693. The van der Waals surface area contributed by atoms with Gasteiger partial charge in [-0.15, -0.1) is 11.3 Å². The maximum absolute atomic E-state index is 5.30. The van der Waals surface area contributed by atoms with Crippen LogP contribution in [0.4, 0.5) is 0 Å². The molecule has 1 saturated heterocycles. The Kier molecular flexibility index (Phi) is 4.83. The number of rotatable bonds is 5. The van der Waals surface area contributed by atoms with Gasteiger partial charge in [-0.05, 0) is 36.8 Å². The zero-order valence-corrected chi connectivity index (χ0v) is 13.4. The topological polar surface area (TPSA) is 25.4 Å². The summed E-state index contributed by atoms with van der Waals surface area (Å²) in [6.07, 6.45) is 4.62. The van der Waals surface area contributed by atoms with Gasteiger partial charge in [-0.2, -0.15) is 11.3 Å². The molecule has 1 fully saturated rings. The molecule has 0 aromatic carbocycles. The van der Waals surface area contributed by atoms with E-state index in [1.165, 1.54) is 29.8 Å². The zero-order chi connectivity index (χ0) is 13.8. The van der Waals surface area contributed by atoms with Crippen LogP contribution in [0.1, 0.15) is 17.7 Å². The van der Waals surface area contributed by atoms with E-state index < -0.39 is 0 Å². The maximum Gasteiger partial charge on any atom is 0.124 e. The molecule has 0 bridgehead atoms. The van der Waals surface area contributed by atoms with Crippen LogP contribution in [-0.4, -0.2) is 36.7 Å². The number of piperidine rings is 1. The largest absolute Gasteiger partial charge is 0.384 e. The van der Waals surface area contributed by atoms with Gasteiger partial charge in [-0.3, -0.25) is 4.90 Å². The number of thiophene rings is 1. The molecule has 5 heteroatoms. The molecule has 3 nitrogen and oxygen atoms in total. The SMILES string of the molecule is COCC1CCCN(Cc2cnc(-c3ccsc3)s2)C1.